The standard InChI is InChI=1S/C14H16N2O2/c1-18-13-8-6-12(7-9-13)4-3-11-16-14(17)5-2-10-15-16/h2,5-10H,3-4,11H2,1H3. The van der Waals surface area contributed by atoms with Gasteiger partial charge in [-0.2, -0.15) is 5.10 Å². The van der Waals surface area contributed by atoms with Gasteiger partial charge >= 0.3 is 0 Å². The molecule has 0 saturated heterocycles. The third-order valence-corrected chi connectivity index (χ3v) is 2.78. The van der Waals surface area contributed by atoms with Gasteiger partial charge in [0, 0.05) is 18.8 Å². The summed E-state index contributed by atoms with van der Waals surface area (Å²) in [6.45, 7) is 0.645. The number of methoxy groups -OCH3 is 1. The fourth-order valence-electron chi connectivity index (χ4n) is 1.78. The first kappa shape index (κ1) is 12.4. The molecule has 0 fully saturated rings. The van der Waals surface area contributed by atoms with Crippen molar-refractivity contribution < 1.29 is 4.74 Å². The van der Waals surface area contributed by atoms with Crippen molar-refractivity contribution in [2.75, 3.05) is 7.11 Å². The van der Waals surface area contributed by atoms with E-state index in [4.69, 9.17) is 4.74 Å². The number of hydrogen-bond acceptors (Lipinski definition) is 3. The van der Waals surface area contributed by atoms with Crippen LogP contribution in [-0.2, 0) is 13.0 Å². The Bertz CT molecular complexity index is 546. The van der Waals surface area contributed by atoms with Gasteiger partial charge in [-0.05, 0) is 36.6 Å². The zero-order chi connectivity index (χ0) is 12.8. The highest BCUT2D eigenvalue weighted by atomic mass is 16.5. The molecule has 0 aliphatic heterocycles. The molecule has 94 valence electrons. The van der Waals surface area contributed by atoms with E-state index in [0.717, 1.165) is 18.6 Å². The fourth-order valence-corrected chi connectivity index (χ4v) is 1.78. The zero-order valence-corrected chi connectivity index (χ0v) is 10.4. The molecule has 0 aliphatic carbocycles. The first-order valence-electron chi connectivity index (χ1n) is 5.94. The Morgan fingerprint density at radius 3 is 2.67 bits per heavy atom. The molecular formula is C14H16N2O2. The number of hydrogen-bond donors (Lipinski definition) is 0. The Labute approximate surface area is 106 Å². The van der Waals surface area contributed by atoms with Crippen molar-refractivity contribution >= 4 is 0 Å². The molecular weight excluding hydrogens is 228 g/mol. The Morgan fingerprint density at radius 2 is 2.00 bits per heavy atom. The van der Waals surface area contributed by atoms with Crippen LogP contribution in [0.4, 0.5) is 0 Å². The van der Waals surface area contributed by atoms with Crippen molar-refractivity contribution in [2.24, 2.45) is 0 Å². The largest absolute Gasteiger partial charge is 0.497 e. The third kappa shape index (κ3) is 3.20. The average molecular weight is 244 g/mol. The minimum absolute atomic E-state index is 0.0489. The Hall–Kier alpha value is -2.10. The maximum atomic E-state index is 11.4. The van der Waals surface area contributed by atoms with E-state index in [1.165, 1.54) is 16.3 Å². The number of nitrogens with zero attached hydrogens (tertiary/aromatic N) is 2. The first-order chi connectivity index (χ1) is 8.79. The number of ether oxygens (including phenoxy) is 1. The molecule has 1 heterocycles. The van der Waals surface area contributed by atoms with Crippen molar-refractivity contribution in [3.05, 3.63) is 58.5 Å². The Balaban J connectivity index is 1.88. The van der Waals surface area contributed by atoms with E-state index in [1.807, 2.05) is 24.3 Å². The van der Waals surface area contributed by atoms with Crippen LogP contribution in [0.3, 0.4) is 0 Å². The average Bonchev–Trinajstić information content (AvgIpc) is 2.42. The molecule has 2 rings (SSSR count). The Kier molecular flexibility index (Phi) is 4.12. The second kappa shape index (κ2) is 6.00. The normalized spacial score (nSPS) is 10.3. The molecule has 0 spiro atoms. The lowest BCUT2D eigenvalue weighted by Crippen LogP contribution is -2.21. The predicted octanol–water partition coefficient (Wildman–Crippen LogP) is 1.88. The number of rotatable bonds is 5. The van der Waals surface area contributed by atoms with E-state index < -0.39 is 0 Å². The van der Waals surface area contributed by atoms with E-state index in [0.29, 0.717) is 6.54 Å². The molecule has 2 aromatic rings. The van der Waals surface area contributed by atoms with E-state index >= 15 is 0 Å². The number of aromatic nitrogens is 2. The summed E-state index contributed by atoms with van der Waals surface area (Å²) in [5.74, 6) is 0.861. The quantitative estimate of drug-likeness (QED) is 0.806. The number of aryl methyl sites for hydroxylation is 2. The molecule has 0 unspecified atom stereocenters. The van der Waals surface area contributed by atoms with Crippen molar-refractivity contribution in [1.82, 2.24) is 9.78 Å². The minimum atomic E-state index is -0.0489. The summed E-state index contributed by atoms with van der Waals surface area (Å²) in [6.07, 6.45) is 3.45. The van der Waals surface area contributed by atoms with Gasteiger partial charge in [0.05, 0.1) is 7.11 Å². The van der Waals surface area contributed by atoms with E-state index in [1.54, 1.807) is 19.4 Å². The summed E-state index contributed by atoms with van der Waals surface area (Å²) in [5, 5.41) is 4.02. The van der Waals surface area contributed by atoms with E-state index in [2.05, 4.69) is 5.10 Å². The molecule has 0 amide bonds. The first-order valence-corrected chi connectivity index (χ1v) is 5.94. The van der Waals surface area contributed by atoms with Crippen molar-refractivity contribution in [3.8, 4) is 5.75 Å². The molecule has 1 aromatic carbocycles. The van der Waals surface area contributed by atoms with Crippen LogP contribution in [0, 0.1) is 0 Å². The van der Waals surface area contributed by atoms with Crippen LogP contribution in [0.5, 0.6) is 5.75 Å². The highest BCUT2D eigenvalue weighted by Crippen LogP contribution is 2.12. The maximum absolute atomic E-state index is 11.4. The minimum Gasteiger partial charge on any atom is -0.497 e. The molecule has 0 radical (unpaired) electrons. The lowest BCUT2D eigenvalue weighted by molar-refractivity contribution is 0.414. The van der Waals surface area contributed by atoms with Gasteiger partial charge in [0.1, 0.15) is 5.75 Å². The summed E-state index contributed by atoms with van der Waals surface area (Å²) < 4.78 is 6.59. The van der Waals surface area contributed by atoms with Crippen LogP contribution >= 0.6 is 0 Å². The fraction of sp³-hybridized carbons (Fsp3) is 0.286. The zero-order valence-electron chi connectivity index (χ0n) is 10.4. The lowest BCUT2D eigenvalue weighted by Gasteiger charge is -2.05. The maximum Gasteiger partial charge on any atom is 0.266 e. The van der Waals surface area contributed by atoms with Gasteiger partial charge in [-0.3, -0.25) is 4.79 Å². The van der Waals surface area contributed by atoms with Crippen molar-refractivity contribution in [2.45, 2.75) is 19.4 Å². The summed E-state index contributed by atoms with van der Waals surface area (Å²) >= 11 is 0. The molecule has 0 atom stereocenters. The second-order valence-corrected chi connectivity index (χ2v) is 4.04. The van der Waals surface area contributed by atoms with Gasteiger partial charge in [0.2, 0.25) is 0 Å². The summed E-state index contributed by atoms with van der Waals surface area (Å²) in [7, 11) is 1.66. The Morgan fingerprint density at radius 1 is 1.22 bits per heavy atom. The second-order valence-electron chi connectivity index (χ2n) is 4.04. The molecule has 0 N–H and O–H groups in total. The molecule has 1 aromatic heterocycles. The van der Waals surface area contributed by atoms with Gasteiger partial charge < -0.3 is 4.74 Å². The SMILES string of the molecule is COc1ccc(CCCn2ncccc2=O)cc1. The topological polar surface area (TPSA) is 44.1 Å². The molecule has 0 saturated carbocycles. The van der Waals surface area contributed by atoms with Crippen molar-refractivity contribution in [3.63, 3.8) is 0 Å². The molecule has 4 heteroatoms. The van der Waals surface area contributed by atoms with Crippen LogP contribution < -0.4 is 10.3 Å². The van der Waals surface area contributed by atoms with E-state index in [-0.39, 0.29) is 5.56 Å². The van der Waals surface area contributed by atoms with Crippen LogP contribution in [0.1, 0.15) is 12.0 Å². The summed E-state index contributed by atoms with van der Waals surface area (Å²) in [5.41, 5.74) is 1.19. The van der Waals surface area contributed by atoms with Crippen LogP contribution in [-0.4, -0.2) is 16.9 Å². The molecule has 18 heavy (non-hydrogen) atoms. The lowest BCUT2D eigenvalue weighted by atomic mass is 10.1. The van der Waals surface area contributed by atoms with Crippen LogP contribution in [0.2, 0.25) is 0 Å². The van der Waals surface area contributed by atoms with Gasteiger partial charge in [-0.25, -0.2) is 4.68 Å². The summed E-state index contributed by atoms with van der Waals surface area (Å²) in [6, 6.07) is 11.2. The van der Waals surface area contributed by atoms with Crippen molar-refractivity contribution in [1.29, 1.82) is 0 Å². The monoisotopic (exact) mass is 244 g/mol. The predicted molar refractivity (Wildman–Crippen MR) is 69.8 cm³/mol. The van der Waals surface area contributed by atoms with Gasteiger partial charge in [-0.15, -0.1) is 0 Å². The van der Waals surface area contributed by atoms with Crippen LogP contribution in [0.15, 0.2) is 47.4 Å². The molecule has 0 aliphatic rings. The van der Waals surface area contributed by atoms with Gasteiger partial charge in [0.25, 0.3) is 5.56 Å². The summed E-state index contributed by atoms with van der Waals surface area (Å²) in [4.78, 5) is 11.4. The molecule has 0 bridgehead atoms. The van der Waals surface area contributed by atoms with Gasteiger partial charge in [0.15, 0.2) is 0 Å². The van der Waals surface area contributed by atoms with Gasteiger partial charge in [-0.1, -0.05) is 12.1 Å². The smallest absolute Gasteiger partial charge is 0.266 e. The highest BCUT2D eigenvalue weighted by molar-refractivity contribution is 5.27. The third-order valence-electron chi connectivity index (χ3n) is 2.78. The highest BCUT2D eigenvalue weighted by Gasteiger charge is 1.98. The molecule has 4 nitrogen and oxygen atoms in total. The van der Waals surface area contributed by atoms with Crippen LogP contribution in [0.25, 0.3) is 0 Å². The van der Waals surface area contributed by atoms with E-state index in [9.17, 15) is 4.79 Å². The number of benzene rings is 1.